The monoisotopic (exact) mass is 507 g/mol. The average Bonchev–Trinajstić information content (AvgIpc) is 2.99. The van der Waals surface area contributed by atoms with Crippen LogP contribution >= 0.6 is 39.9 Å². The van der Waals surface area contributed by atoms with E-state index in [1.165, 1.54) is 17.3 Å². The summed E-state index contributed by atoms with van der Waals surface area (Å²) in [6.07, 6.45) is 1.78. The molecule has 0 aliphatic carbocycles. The first-order chi connectivity index (χ1) is 14.4. The molecule has 0 radical (unpaired) electrons. The van der Waals surface area contributed by atoms with E-state index in [0.717, 1.165) is 21.3 Å². The summed E-state index contributed by atoms with van der Waals surface area (Å²) in [7, 11) is 0. The van der Waals surface area contributed by atoms with Crippen LogP contribution in [-0.2, 0) is 4.79 Å². The van der Waals surface area contributed by atoms with Crippen molar-refractivity contribution in [3.05, 3.63) is 56.4 Å². The number of carbonyl (C=O) groups excluding carboxylic acids is 1. The summed E-state index contributed by atoms with van der Waals surface area (Å²) in [6, 6.07) is 9.80. The van der Waals surface area contributed by atoms with Crippen LogP contribution in [0.1, 0.15) is 23.6 Å². The third-order valence-corrected chi connectivity index (χ3v) is 5.94. The first kappa shape index (κ1) is 22.7. The van der Waals surface area contributed by atoms with Crippen molar-refractivity contribution in [3.8, 4) is 17.2 Å². The lowest BCUT2D eigenvalue weighted by molar-refractivity contribution is -0.115. The third kappa shape index (κ3) is 5.77. The van der Waals surface area contributed by atoms with Crippen molar-refractivity contribution < 1.29 is 19.0 Å². The number of halogens is 1. The van der Waals surface area contributed by atoms with Crippen molar-refractivity contribution >= 4 is 56.2 Å². The molecule has 0 unspecified atom stereocenters. The first-order valence-electron chi connectivity index (χ1n) is 9.41. The number of ether oxygens (including phenoxy) is 3. The highest BCUT2D eigenvalue weighted by atomic mass is 79.9. The van der Waals surface area contributed by atoms with Crippen LogP contribution in [0.15, 0.2) is 39.7 Å². The largest absolute Gasteiger partial charge is 0.490 e. The maximum absolute atomic E-state index is 11.9. The molecular weight excluding hydrogens is 486 g/mol. The normalized spacial score (nSPS) is 14.7. The van der Waals surface area contributed by atoms with Crippen LogP contribution in [0.4, 0.5) is 0 Å². The highest BCUT2D eigenvalue weighted by molar-refractivity contribution is 9.10. The van der Waals surface area contributed by atoms with Gasteiger partial charge in [0.05, 0.1) is 16.0 Å². The Morgan fingerprint density at radius 1 is 1.10 bits per heavy atom. The number of benzene rings is 2. The Balaban J connectivity index is 1.70. The maximum atomic E-state index is 11.9. The van der Waals surface area contributed by atoms with Gasteiger partial charge in [-0.25, -0.2) is 0 Å². The van der Waals surface area contributed by atoms with Crippen LogP contribution in [0.5, 0.6) is 17.2 Å². The Hall–Kier alpha value is -2.03. The fraction of sp³-hybridized carbons (Fsp3) is 0.273. The van der Waals surface area contributed by atoms with Gasteiger partial charge in [0.25, 0.3) is 5.91 Å². The molecule has 1 amide bonds. The minimum absolute atomic E-state index is 0.192. The number of amides is 1. The topological polar surface area (TPSA) is 56.8 Å². The van der Waals surface area contributed by atoms with Crippen LogP contribution in [0.25, 0.3) is 6.08 Å². The zero-order valence-corrected chi connectivity index (χ0v) is 20.1. The maximum Gasteiger partial charge on any atom is 0.263 e. The second kappa shape index (κ2) is 10.3. The van der Waals surface area contributed by atoms with Crippen molar-refractivity contribution in [1.82, 2.24) is 5.32 Å². The molecule has 1 aliphatic heterocycles. The van der Waals surface area contributed by atoms with Gasteiger partial charge in [-0.2, -0.15) is 0 Å². The highest BCUT2D eigenvalue weighted by Gasteiger charge is 2.22. The van der Waals surface area contributed by atoms with Crippen LogP contribution in [0, 0.1) is 13.8 Å². The van der Waals surface area contributed by atoms with E-state index in [9.17, 15) is 4.79 Å². The molecule has 5 nitrogen and oxygen atoms in total. The van der Waals surface area contributed by atoms with E-state index in [2.05, 4.69) is 34.2 Å². The van der Waals surface area contributed by atoms with Crippen LogP contribution in [-0.4, -0.2) is 30.0 Å². The molecule has 2 aromatic rings. The number of carbonyl (C=O) groups is 1. The van der Waals surface area contributed by atoms with Crippen LogP contribution < -0.4 is 19.5 Å². The molecule has 1 N–H and O–H groups in total. The van der Waals surface area contributed by atoms with Gasteiger partial charge in [0.15, 0.2) is 11.5 Å². The molecule has 1 heterocycles. The molecule has 0 saturated carbocycles. The summed E-state index contributed by atoms with van der Waals surface area (Å²) in [5, 5.41) is 2.61. The molecule has 0 aromatic heterocycles. The lowest BCUT2D eigenvalue weighted by Crippen LogP contribution is -2.17. The second-order valence-electron chi connectivity index (χ2n) is 6.58. The Morgan fingerprint density at radius 2 is 1.87 bits per heavy atom. The quantitative estimate of drug-likeness (QED) is 0.292. The van der Waals surface area contributed by atoms with Crippen molar-refractivity contribution in [2.24, 2.45) is 0 Å². The first-order valence-corrected chi connectivity index (χ1v) is 11.4. The molecule has 0 spiro atoms. The molecule has 30 heavy (non-hydrogen) atoms. The van der Waals surface area contributed by atoms with E-state index < -0.39 is 0 Å². The molecule has 3 rings (SSSR count). The SMILES string of the molecule is CCOc1cc(C=C2SC(=S)NC2=O)cc(Br)c1OCCOc1ccc(C)cc1C. The van der Waals surface area contributed by atoms with Gasteiger partial charge in [-0.1, -0.05) is 41.7 Å². The predicted molar refractivity (Wildman–Crippen MR) is 129 cm³/mol. The standard InChI is InChI=1S/C22H22BrNO4S2/c1-4-26-18-11-15(12-19-21(25)24-22(29)30-19)10-16(23)20(18)28-8-7-27-17-6-5-13(2)9-14(17)3/h5-6,9-12H,4,7-8H2,1-3H3,(H,24,25,29). The van der Waals surface area contributed by atoms with Crippen molar-refractivity contribution in [2.75, 3.05) is 19.8 Å². The number of thioether (sulfide) groups is 1. The minimum Gasteiger partial charge on any atom is -0.490 e. The molecule has 1 aliphatic rings. The van der Waals surface area contributed by atoms with Gasteiger partial charge >= 0.3 is 0 Å². The molecule has 158 valence electrons. The van der Waals surface area contributed by atoms with Gasteiger partial charge in [-0.15, -0.1) is 0 Å². The van der Waals surface area contributed by atoms with Gasteiger partial charge in [-0.3, -0.25) is 4.79 Å². The van der Waals surface area contributed by atoms with E-state index in [4.69, 9.17) is 26.4 Å². The van der Waals surface area contributed by atoms with E-state index in [-0.39, 0.29) is 5.91 Å². The van der Waals surface area contributed by atoms with E-state index >= 15 is 0 Å². The summed E-state index contributed by atoms with van der Waals surface area (Å²) in [5.41, 5.74) is 3.11. The summed E-state index contributed by atoms with van der Waals surface area (Å²) in [5.74, 6) is 1.85. The fourth-order valence-electron chi connectivity index (χ4n) is 2.90. The Labute approximate surface area is 194 Å². The summed E-state index contributed by atoms with van der Waals surface area (Å²) in [6.45, 7) is 7.24. The molecule has 1 fully saturated rings. The van der Waals surface area contributed by atoms with Crippen molar-refractivity contribution in [2.45, 2.75) is 20.8 Å². The van der Waals surface area contributed by atoms with E-state index in [1.54, 1.807) is 6.08 Å². The molecular formula is C22H22BrNO4S2. The number of hydrogen-bond donors (Lipinski definition) is 1. The molecule has 0 bridgehead atoms. The number of nitrogens with one attached hydrogen (secondary N) is 1. The Morgan fingerprint density at radius 3 is 2.53 bits per heavy atom. The van der Waals surface area contributed by atoms with Gasteiger partial charge < -0.3 is 19.5 Å². The van der Waals surface area contributed by atoms with Gasteiger partial charge in [-0.05, 0) is 72.1 Å². The fourth-order valence-corrected chi connectivity index (χ4v) is 4.52. The molecule has 1 saturated heterocycles. The predicted octanol–water partition coefficient (Wildman–Crippen LogP) is 5.41. The molecule has 8 heteroatoms. The van der Waals surface area contributed by atoms with Crippen LogP contribution in [0.3, 0.4) is 0 Å². The number of rotatable bonds is 8. The number of thiocarbonyl (C=S) groups is 1. The molecule has 0 atom stereocenters. The highest BCUT2D eigenvalue weighted by Crippen LogP contribution is 2.38. The van der Waals surface area contributed by atoms with Crippen molar-refractivity contribution in [1.29, 1.82) is 0 Å². The summed E-state index contributed by atoms with van der Waals surface area (Å²) < 4.78 is 18.7. The lowest BCUT2D eigenvalue weighted by atomic mass is 10.1. The van der Waals surface area contributed by atoms with E-state index in [1.807, 2.05) is 38.1 Å². The number of hydrogen-bond acceptors (Lipinski definition) is 6. The van der Waals surface area contributed by atoms with Gasteiger partial charge in [0.2, 0.25) is 0 Å². The van der Waals surface area contributed by atoms with Gasteiger partial charge in [0, 0.05) is 0 Å². The lowest BCUT2D eigenvalue weighted by Gasteiger charge is -2.15. The summed E-state index contributed by atoms with van der Waals surface area (Å²) in [4.78, 5) is 12.5. The zero-order chi connectivity index (χ0) is 21.7. The van der Waals surface area contributed by atoms with Crippen molar-refractivity contribution in [3.63, 3.8) is 0 Å². The Bertz CT molecular complexity index is 1010. The summed E-state index contributed by atoms with van der Waals surface area (Å²) >= 11 is 9.83. The minimum atomic E-state index is -0.192. The second-order valence-corrected chi connectivity index (χ2v) is 9.15. The number of aryl methyl sites for hydroxylation is 2. The van der Waals surface area contributed by atoms with Crippen LogP contribution in [0.2, 0.25) is 0 Å². The third-order valence-electron chi connectivity index (χ3n) is 4.19. The smallest absolute Gasteiger partial charge is 0.263 e. The average molecular weight is 508 g/mol. The van der Waals surface area contributed by atoms with Gasteiger partial charge in [0.1, 0.15) is 23.3 Å². The zero-order valence-electron chi connectivity index (χ0n) is 16.9. The van der Waals surface area contributed by atoms with E-state index in [0.29, 0.717) is 40.5 Å². The molecule has 2 aromatic carbocycles. The Kier molecular flexibility index (Phi) is 7.80.